The summed E-state index contributed by atoms with van der Waals surface area (Å²) in [5.41, 5.74) is 2.20. The fourth-order valence-corrected chi connectivity index (χ4v) is 3.61. The lowest BCUT2D eigenvalue weighted by Gasteiger charge is -2.18. The highest BCUT2D eigenvalue weighted by molar-refractivity contribution is 5.91. The van der Waals surface area contributed by atoms with Gasteiger partial charge in [0.15, 0.2) is 0 Å². The van der Waals surface area contributed by atoms with Crippen LogP contribution in [0.2, 0.25) is 0 Å². The molecule has 1 N–H and O–H groups in total. The maximum Gasteiger partial charge on any atom is 0.224 e. The van der Waals surface area contributed by atoms with Crippen LogP contribution in [0.1, 0.15) is 45.4 Å². The van der Waals surface area contributed by atoms with Crippen molar-refractivity contribution in [3.05, 3.63) is 24.3 Å². The summed E-state index contributed by atoms with van der Waals surface area (Å²) in [6, 6.07) is 8.32. The molecule has 0 radical (unpaired) electrons. The summed E-state index contributed by atoms with van der Waals surface area (Å²) in [5, 5.41) is 3.04. The first-order valence-corrected chi connectivity index (χ1v) is 8.35. The van der Waals surface area contributed by atoms with Gasteiger partial charge in [-0.2, -0.15) is 0 Å². The van der Waals surface area contributed by atoms with Gasteiger partial charge < -0.3 is 10.2 Å². The van der Waals surface area contributed by atoms with E-state index in [-0.39, 0.29) is 5.91 Å². The third kappa shape index (κ3) is 3.78. The van der Waals surface area contributed by atoms with Gasteiger partial charge in [-0.3, -0.25) is 4.79 Å². The summed E-state index contributed by atoms with van der Waals surface area (Å²) in [4.78, 5) is 14.5. The fraction of sp³-hybridized carbons (Fsp3) is 0.611. The molecule has 0 aromatic heterocycles. The predicted molar refractivity (Wildman–Crippen MR) is 87.6 cm³/mol. The van der Waals surface area contributed by atoms with Crippen molar-refractivity contribution in [1.82, 2.24) is 0 Å². The van der Waals surface area contributed by atoms with Crippen LogP contribution >= 0.6 is 0 Å². The Kier molecular flexibility index (Phi) is 4.47. The van der Waals surface area contributed by atoms with Crippen LogP contribution in [0.25, 0.3) is 0 Å². The molecule has 1 amide bonds. The van der Waals surface area contributed by atoms with E-state index in [0.717, 1.165) is 24.7 Å². The summed E-state index contributed by atoms with van der Waals surface area (Å²) in [7, 11) is 0. The highest BCUT2D eigenvalue weighted by Gasteiger charge is 2.20. The topological polar surface area (TPSA) is 32.3 Å². The van der Waals surface area contributed by atoms with E-state index in [9.17, 15) is 4.79 Å². The maximum atomic E-state index is 12.0. The van der Waals surface area contributed by atoms with Gasteiger partial charge in [-0.25, -0.2) is 0 Å². The molecule has 1 saturated heterocycles. The Hall–Kier alpha value is -1.51. The minimum atomic E-state index is 0.171. The van der Waals surface area contributed by atoms with E-state index >= 15 is 0 Å². The van der Waals surface area contributed by atoms with Gasteiger partial charge in [0, 0.05) is 30.9 Å². The molecular formula is C18H26N2O. The van der Waals surface area contributed by atoms with E-state index in [2.05, 4.69) is 29.3 Å². The first kappa shape index (κ1) is 14.4. The molecule has 2 fully saturated rings. The molecule has 1 aromatic rings. The normalized spacial score (nSPS) is 22.7. The second-order valence-corrected chi connectivity index (χ2v) is 6.79. The minimum Gasteiger partial charge on any atom is -0.371 e. The highest BCUT2D eigenvalue weighted by Crippen LogP contribution is 2.28. The van der Waals surface area contributed by atoms with Crippen molar-refractivity contribution in [2.75, 3.05) is 23.3 Å². The summed E-state index contributed by atoms with van der Waals surface area (Å²) in [6.45, 7) is 4.60. The molecular weight excluding hydrogens is 260 g/mol. The Morgan fingerprint density at radius 1 is 1.19 bits per heavy atom. The first-order valence-electron chi connectivity index (χ1n) is 8.35. The van der Waals surface area contributed by atoms with Gasteiger partial charge in [0.2, 0.25) is 5.91 Å². The Bertz CT molecular complexity index is 476. The fourth-order valence-electron chi connectivity index (χ4n) is 3.61. The number of amides is 1. The van der Waals surface area contributed by atoms with E-state index in [0.29, 0.717) is 12.3 Å². The Morgan fingerprint density at radius 3 is 2.52 bits per heavy atom. The number of hydrogen-bond acceptors (Lipinski definition) is 2. The van der Waals surface area contributed by atoms with E-state index in [1.54, 1.807) is 0 Å². The Morgan fingerprint density at radius 2 is 1.90 bits per heavy atom. The van der Waals surface area contributed by atoms with Crippen molar-refractivity contribution in [3.63, 3.8) is 0 Å². The first-order chi connectivity index (χ1) is 10.2. The molecule has 3 nitrogen and oxygen atoms in total. The van der Waals surface area contributed by atoms with Crippen LogP contribution in [0, 0.1) is 11.8 Å². The molecule has 1 aliphatic heterocycles. The van der Waals surface area contributed by atoms with Crippen LogP contribution < -0.4 is 10.2 Å². The lowest BCUT2D eigenvalue weighted by Crippen LogP contribution is -2.19. The summed E-state index contributed by atoms with van der Waals surface area (Å²) >= 11 is 0. The van der Waals surface area contributed by atoms with Crippen LogP contribution in [-0.4, -0.2) is 19.0 Å². The zero-order valence-electron chi connectivity index (χ0n) is 13.0. The van der Waals surface area contributed by atoms with Crippen LogP contribution in [-0.2, 0) is 4.79 Å². The van der Waals surface area contributed by atoms with Crippen molar-refractivity contribution in [2.45, 2.75) is 45.4 Å². The monoisotopic (exact) mass is 286 g/mol. The molecule has 1 atom stereocenters. The van der Waals surface area contributed by atoms with Crippen LogP contribution in [0.3, 0.4) is 0 Å². The van der Waals surface area contributed by atoms with Gasteiger partial charge in [0.1, 0.15) is 0 Å². The van der Waals surface area contributed by atoms with Gasteiger partial charge in [-0.1, -0.05) is 19.8 Å². The van der Waals surface area contributed by atoms with E-state index < -0.39 is 0 Å². The molecule has 2 aliphatic rings. The molecule has 21 heavy (non-hydrogen) atoms. The van der Waals surface area contributed by atoms with Gasteiger partial charge in [0.25, 0.3) is 0 Å². The molecule has 3 rings (SSSR count). The quantitative estimate of drug-likeness (QED) is 0.905. The second kappa shape index (κ2) is 6.50. The number of anilines is 2. The average molecular weight is 286 g/mol. The van der Waals surface area contributed by atoms with E-state index in [1.807, 2.05) is 12.1 Å². The minimum absolute atomic E-state index is 0.171. The van der Waals surface area contributed by atoms with Crippen molar-refractivity contribution in [3.8, 4) is 0 Å². The average Bonchev–Trinajstić information content (AvgIpc) is 3.11. The standard InChI is InChI=1S/C18H26N2O/c1-14-10-11-20(13-14)17-8-6-16(7-9-17)19-18(21)12-15-4-2-3-5-15/h6-9,14-15H,2-5,10-13H2,1H3,(H,19,21). The molecule has 1 saturated carbocycles. The SMILES string of the molecule is CC1CCN(c2ccc(NC(=O)CC3CCCC3)cc2)C1. The third-order valence-corrected chi connectivity index (χ3v) is 4.89. The number of carbonyl (C=O) groups excluding carboxylic acids is 1. The van der Waals surface area contributed by atoms with Gasteiger partial charge in [-0.15, -0.1) is 0 Å². The maximum absolute atomic E-state index is 12.0. The van der Waals surface area contributed by atoms with Crippen molar-refractivity contribution in [1.29, 1.82) is 0 Å². The molecule has 1 unspecified atom stereocenters. The summed E-state index contributed by atoms with van der Waals surface area (Å²) < 4.78 is 0. The van der Waals surface area contributed by atoms with Crippen molar-refractivity contribution in [2.24, 2.45) is 11.8 Å². The number of hydrogen-bond donors (Lipinski definition) is 1. The Balaban J connectivity index is 1.53. The van der Waals surface area contributed by atoms with Crippen molar-refractivity contribution < 1.29 is 4.79 Å². The lowest BCUT2D eigenvalue weighted by molar-refractivity contribution is -0.117. The smallest absolute Gasteiger partial charge is 0.224 e. The van der Waals surface area contributed by atoms with Crippen LogP contribution in [0.15, 0.2) is 24.3 Å². The van der Waals surface area contributed by atoms with Crippen LogP contribution in [0.4, 0.5) is 11.4 Å². The molecule has 0 bridgehead atoms. The van der Waals surface area contributed by atoms with E-state index in [1.165, 1.54) is 37.8 Å². The number of benzene rings is 1. The summed E-state index contributed by atoms with van der Waals surface area (Å²) in [6.07, 6.45) is 6.99. The Labute approximate surface area is 127 Å². The zero-order chi connectivity index (χ0) is 14.7. The molecule has 1 heterocycles. The molecule has 114 valence electrons. The highest BCUT2D eigenvalue weighted by atomic mass is 16.1. The number of nitrogens with zero attached hydrogens (tertiary/aromatic N) is 1. The molecule has 1 aromatic carbocycles. The summed E-state index contributed by atoms with van der Waals surface area (Å²) in [5.74, 6) is 1.57. The number of carbonyl (C=O) groups is 1. The van der Waals surface area contributed by atoms with Gasteiger partial charge in [-0.05, 0) is 55.4 Å². The predicted octanol–water partition coefficient (Wildman–Crippen LogP) is 4.05. The van der Waals surface area contributed by atoms with Crippen molar-refractivity contribution >= 4 is 17.3 Å². The second-order valence-electron chi connectivity index (χ2n) is 6.79. The molecule has 1 aliphatic carbocycles. The molecule has 0 spiro atoms. The molecule has 3 heteroatoms. The van der Waals surface area contributed by atoms with Crippen LogP contribution in [0.5, 0.6) is 0 Å². The largest absolute Gasteiger partial charge is 0.371 e. The van der Waals surface area contributed by atoms with Gasteiger partial charge >= 0.3 is 0 Å². The zero-order valence-corrected chi connectivity index (χ0v) is 13.0. The lowest BCUT2D eigenvalue weighted by atomic mass is 10.0. The third-order valence-electron chi connectivity index (χ3n) is 4.89. The van der Waals surface area contributed by atoms with E-state index in [4.69, 9.17) is 0 Å². The van der Waals surface area contributed by atoms with Gasteiger partial charge in [0.05, 0.1) is 0 Å². The number of rotatable bonds is 4. The number of nitrogens with one attached hydrogen (secondary N) is 1.